The third-order valence-corrected chi connectivity index (χ3v) is 4.74. The second-order valence-electron chi connectivity index (χ2n) is 6.20. The standard InChI is InChI=1S/C16H21N5O/c1-20-5-7-21(8-6-20)10-14-12-9-17-13-4-2-3-11(15(12)13)16(22)19-18-14/h2-4,17-18H,5-10H2,1H3,(H,19,22). The topological polar surface area (TPSA) is 59.6 Å². The highest BCUT2D eigenvalue weighted by Crippen LogP contribution is 2.36. The molecular weight excluding hydrogens is 278 g/mol. The second kappa shape index (κ2) is 5.30. The number of benzene rings is 1. The minimum absolute atomic E-state index is 0.0635. The molecule has 3 N–H and O–H groups in total. The Morgan fingerprint density at radius 3 is 2.77 bits per heavy atom. The number of hydrogen-bond donors (Lipinski definition) is 3. The summed E-state index contributed by atoms with van der Waals surface area (Å²) in [4.78, 5) is 17.0. The van der Waals surface area contributed by atoms with Gasteiger partial charge in [-0.3, -0.25) is 15.1 Å². The van der Waals surface area contributed by atoms with Crippen LogP contribution < -0.4 is 16.2 Å². The van der Waals surface area contributed by atoms with E-state index >= 15 is 0 Å². The van der Waals surface area contributed by atoms with Gasteiger partial charge in [0.2, 0.25) is 0 Å². The van der Waals surface area contributed by atoms with E-state index in [1.807, 2.05) is 18.2 Å². The largest absolute Gasteiger partial charge is 0.380 e. The predicted molar refractivity (Wildman–Crippen MR) is 86.4 cm³/mol. The van der Waals surface area contributed by atoms with Gasteiger partial charge in [0.25, 0.3) is 5.91 Å². The highest BCUT2D eigenvalue weighted by molar-refractivity contribution is 6.05. The molecule has 0 saturated carbocycles. The fourth-order valence-electron chi connectivity index (χ4n) is 3.38. The SMILES string of the molecule is CN1CCN(CC2=C3CNc4cccc(c43)C(=O)NN2)CC1. The number of nitrogens with one attached hydrogen (secondary N) is 3. The van der Waals surface area contributed by atoms with E-state index in [4.69, 9.17) is 0 Å². The van der Waals surface area contributed by atoms with Crippen molar-refractivity contribution in [3.8, 4) is 0 Å². The monoisotopic (exact) mass is 299 g/mol. The summed E-state index contributed by atoms with van der Waals surface area (Å²) < 4.78 is 0. The molecule has 1 saturated heterocycles. The molecule has 0 aliphatic carbocycles. The summed E-state index contributed by atoms with van der Waals surface area (Å²) in [5.41, 5.74) is 11.2. The number of hydrazine groups is 1. The second-order valence-corrected chi connectivity index (χ2v) is 6.20. The fraction of sp³-hybridized carbons (Fsp3) is 0.438. The minimum atomic E-state index is -0.0635. The third kappa shape index (κ3) is 2.24. The van der Waals surface area contributed by atoms with Crippen LogP contribution in [0.25, 0.3) is 5.57 Å². The highest BCUT2D eigenvalue weighted by atomic mass is 16.2. The third-order valence-electron chi connectivity index (χ3n) is 4.74. The number of carbonyl (C=O) groups excluding carboxylic acids is 1. The van der Waals surface area contributed by atoms with Crippen molar-refractivity contribution in [3.05, 3.63) is 35.0 Å². The number of piperazine rings is 1. The molecular formula is C16H21N5O. The van der Waals surface area contributed by atoms with Crippen LogP contribution >= 0.6 is 0 Å². The predicted octanol–water partition coefficient (Wildman–Crippen LogP) is 0.319. The number of likely N-dealkylation sites (N-methyl/N-ethyl adjacent to an activating group) is 1. The smallest absolute Gasteiger partial charge is 0.270 e. The Labute approximate surface area is 130 Å². The first-order chi connectivity index (χ1) is 10.7. The van der Waals surface area contributed by atoms with Crippen LogP contribution in [0.15, 0.2) is 23.9 Å². The van der Waals surface area contributed by atoms with Gasteiger partial charge in [-0.2, -0.15) is 0 Å². The molecule has 1 aromatic rings. The average Bonchev–Trinajstić information content (AvgIpc) is 2.91. The first-order valence-electron chi connectivity index (χ1n) is 7.79. The van der Waals surface area contributed by atoms with E-state index in [0.717, 1.165) is 61.8 Å². The van der Waals surface area contributed by atoms with Gasteiger partial charge in [0.05, 0.1) is 11.3 Å². The lowest BCUT2D eigenvalue weighted by atomic mass is 9.99. The van der Waals surface area contributed by atoms with E-state index in [9.17, 15) is 4.79 Å². The number of amides is 1. The number of hydrogen-bond acceptors (Lipinski definition) is 5. The molecule has 0 atom stereocenters. The minimum Gasteiger partial charge on any atom is -0.380 e. The van der Waals surface area contributed by atoms with Crippen molar-refractivity contribution in [3.63, 3.8) is 0 Å². The first kappa shape index (κ1) is 13.6. The van der Waals surface area contributed by atoms with Crippen molar-refractivity contribution >= 4 is 17.2 Å². The Morgan fingerprint density at radius 2 is 1.95 bits per heavy atom. The molecule has 0 unspecified atom stereocenters. The van der Waals surface area contributed by atoms with E-state index in [1.165, 1.54) is 5.57 Å². The molecule has 0 radical (unpaired) electrons. The zero-order valence-corrected chi connectivity index (χ0v) is 12.8. The van der Waals surface area contributed by atoms with E-state index < -0.39 is 0 Å². The number of rotatable bonds is 2. The van der Waals surface area contributed by atoms with Gasteiger partial charge in [-0.05, 0) is 19.2 Å². The van der Waals surface area contributed by atoms with E-state index in [-0.39, 0.29) is 5.91 Å². The lowest BCUT2D eigenvalue weighted by Crippen LogP contribution is -2.47. The maximum atomic E-state index is 12.3. The van der Waals surface area contributed by atoms with Gasteiger partial charge in [0.15, 0.2) is 0 Å². The normalized spacial score (nSPS) is 21.8. The highest BCUT2D eigenvalue weighted by Gasteiger charge is 2.29. The van der Waals surface area contributed by atoms with E-state index in [1.54, 1.807) is 0 Å². The van der Waals surface area contributed by atoms with E-state index in [0.29, 0.717) is 0 Å². The lowest BCUT2D eigenvalue weighted by molar-refractivity contribution is 0.0937. The first-order valence-corrected chi connectivity index (χ1v) is 7.79. The molecule has 116 valence electrons. The van der Waals surface area contributed by atoms with Crippen molar-refractivity contribution < 1.29 is 4.79 Å². The average molecular weight is 299 g/mol. The molecule has 4 rings (SSSR count). The summed E-state index contributed by atoms with van der Waals surface area (Å²) in [5, 5.41) is 3.40. The summed E-state index contributed by atoms with van der Waals surface area (Å²) in [6, 6.07) is 5.86. The van der Waals surface area contributed by atoms with Gasteiger partial charge < -0.3 is 15.6 Å². The summed E-state index contributed by atoms with van der Waals surface area (Å²) in [6.45, 7) is 5.93. The Hall–Kier alpha value is -2.05. The number of anilines is 1. The van der Waals surface area contributed by atoms with Gasteiger partial charge >= 0.3 is 0 Å². The van der Waals surface area contributed by atoms with Gasteiger partial charge in [0, 0.05) is 56.1 Å². The van der Waals surface area contributed by atoms with Crippen LogP contribution in [0, 0.1) is 0 Å². The van der Waals surface area contributed by atoms with Crippen molar-refractivity contribution in [2.24, 2.45) is 0 Å². The molecule has 6 heteroatoms. The summed E-state index contributed by atoms with van der Waals surface area (Å²) in [5.74, 6) is -0.0635. The molecule has 3 aliphatic heterocycles. The van der Waals surface area contributed by atoms with Crippen LogP contribution in [-0.4, -0.2) is 62.0 Å². The number of carbonyl (C=O) groups is 1. The van der Waals surface area contributed by atoms with Crippen LogP contribution in [0.2, 0.25) is 0 Å². The van der Waals surface area contributed by atoms with Gasteiger partial charge in [-0.1, -0.05) is 6.07 Å². The molecule has 0 spiro atoms. The lowest BCUT2D eigenvalue weighted by Gasteiger charge is -2.33. The maximum absolute atomic E-state index is 12.3. The molecule has 1 amide bonds. The van der Waals surface area contributed by atoms with Crippen LogP contribution in [0.1, 0.15) is 15.9 Å². The van der Waals surface area contributed by atoms with Crippen LogP contribution in [0.4, 0.5) is 5.69 Å². The Bertz CT molecular complexity index is 646. The van der Waals surface area contributed by atoms with Crippen molar-refractivity contribution in [2.45, 2.75) is 0 Å². The molecule has 3 aliphatic rings. The molecule has 22 heavy (non-hydrogen) atoms. The zero-order chi connectivity index (χ0) is 15.1. The van der Waals surface area contributed by atoms with Gasteiger partial charge in [-0.15, -0.1) is 0 Å². The molecule has 6 nitrogen and oxygen atoms in total. The summed E-state index contributed by atoms with van der Waals surface area (Å²) >= 11 is 0. The fourth-order valence-corrected chi connectivity index (χ4v) is 3.38. The number of nitrogens with zero attached hydrogens (tertiary/aromatic N) is 2. The Morgan fingerprint density at radius 1 is 1.14 bits per heavy atom. The molecule has 1 fully saturated rings. The summed E-state index contributed by atoms with van der Waals surface area (Å²) in [7, 11) is 2.16. The Kier molecular flexibility index (Phi) is 3.28. The Balaban J connectivity index is 1.66. The maximum Gasteiger partial charge on any atom is 0.270 e. The van der Waals surface area contributed by atoms with Crippen molar-refractivity contribution in [1.82, 2.24) is 20.7 Å². The summed E-state index contributed by atoms with van der Waals surface area (Å²) in [6.07, 6.45) is 0. The quantitative estimate of drug-likeness (QED) is 0.734. The van der Waals surface area contributed by atoms with Crippen molar-refractivity contribution in [1.29, 1.82) is 0 Å². The molecule has 3 heterocycles. The van der Waals surface area contributed by atoms with Crippen LogP contribution in [0.3, 0.4) is 0 Å². The molecule has 0 aromatic heterocycles. The van der Waals surface area contributed by atoms with Gasteiger partial charge in [0.1, 0.15) is 0 Å². The van der Waals surface area contributed by atoms with Crippen molar-refractivity contribution in [2.75, 3.05) is 51.6 Å². The van der Waals surface area contributed by atoms with Crippen LogP contribution in [-0.2, 0) is 0 Å². The molecule has 1 aromatic carbocycles. The zero-order valence-electron chi connectivity index (χ0n) is 12.8. The van der Waals surface area contributed by atoms with Crippen LogP contribution in [0.5, 0.6) is 0 Å². The molecule has 0 bridgehead atoms. The van der Waals surface area contributed by atoms with E-state index in [2.05, 4.69) is 33.0 Å². The van der Waals surface area contributed by atoms with Gasteiger partial charge in [-0.25, -0.2) is 0 Å².